The summed E-state index contributed by atoms with van der Waals surface area (Å²) in [7, 11) is -3.25. The van der Waals surface area contributed by atoms with E-state index in [1.807, 2.05) is 0 Å². The van der Waals surface area contributed by atoms with Crippen molar-refractivity contribution >= 4 is 15.7 Å². The Morgan fingerprint density at radius 2 is 1.58 bits per heavy atom. The van der Waals surface area contributed by atoms with Gasteiger partial charge in [0.2, 0.25) is 0 Å². The molecule has 0 heterocycles. The first kappa shape index (κ1) is 17.5. The van der Waals surface area contributed by atoms with E-state index in [0.717, 1.165) is 51.4 Å². The smallest absolute Gasteiger partial charge is 0.251 e. The van der Waals surface area contributed by atoms with E-state index >= 15 is 0 Å². The maximum absolute atomic E-state index is 12.6. The third-order valence-electron chi connectivity index (χ3n) is 5.56. The molecular formula is C19H27NO3S. The van der Waals surface area contributed by atoms with E-state index in [1.54, 1.807) is 24.3 Å². The molecule has 24 heavy (non-hydrogen) atoms. The van der Waals surface area contributed by atoms with Crippen LogP contribution in [-0.4, -0.2) is 25.1 Å². The molecule has 2 aliphatic carbocycles. The van der Waals surface area contributed by atoms with Crippen LogP contribution in [0.4, 0.5) is 0 Å². The van der Waals surface area contributed by atoms with Gasteiger partial charge in [0.25, 0.3) is 5.91 Å². The van der Waals surface area contributed by atoms with Gasteiger partial charge in [-0.2, -0.15) is 0 Å². The highest BCUT2D eigenvalue weighted by molar-refractivity contribution is 7.92. The SMILES string of the molecule is CC1(NC(=O)c2ccc(S(=O)(=O)C3CCCC3)cc2)CCCCC1. The summed E-state index contributed by atoms with van der Waals surface area (Å²) in [5, 5.41) is 2.88. The summed E-state index contributed by atoms with van der Waals surface area (Å²) in [5.41, 5.74) is 0.399. The number of nitrogens with one attached hydrogen (secondary N) is 1. The zero-order chi connectivity index (χ0) is 17.2. The van der Waals surface area contributed by atoms with Gasteiger partial charge in [0.1, 0.15) is 0 Å². The van der Waals surface area contributed by atoms with E-state index in [9.17, 15) is 13.2 Å². The minimum atomic E-state index is -3.25. The Morgan fingerprint density at radius 3 is 2.17 bits per heavy atom. The molecule has 1 N–H and O–H groups in total. The number of hydrogen-bond donors (Lipinski definition) is 1. The fourth-order valence-corrected chi connectivity index (χ4v) is 5.84. The highest BCUT2D eigenvalue weighted by Crippen LogP contribution is 2.30. The number of amides is 1. The van der Waals surface area contributed by atoms with Crippen molar-refractivity contribution < 1.29 is 13.2 Å². The quantitative estimate of drug-likeness (QED) is 0.898. The summed E-state index contributed by atoms with van der Waals surface area (Å²) in [6.07, 6.45) is 9.03. The van der Waals surface area contributed by atoms with E-state index in [1.165, 1.54) is 6.42 Å². The van der Waals surface area contributed by atoms with Gasteiger partial charge >= 0.3 is 0 Å². The summed E-state index contributed by atoms with van der Waals surface area (Å²) in [6.45, 7) is 2.10. The average molecular weight is 349 g/mol. The fraction of sp³-hybridized carbons (Fsp3) is 0.632. The maximum Gasteiger partial charge on any atom is 0.251 e. The van der Waals surface area contributed by atoms with Gasteiger partial charge in [-0.25, -0.2) is 8.42 Å². The predicted molar refractivity (Wildman–Crippen MR) is 94.8 cm³/mol. The van der Waals surface area contributed by atoms with Crippen molar-refractivity contribution in [2.24, 2.45) is 0 Å². The molecule has 132 valence electrons. The van der Waals surface area contributed by atoms with Crippen LogP contribution >= 0.6 is 0 Å². The number of hydrogen-bond acceptors (Lipinski definition) is 3. The van der Waals surface area contributed by atoms with Crippen LogP contribution in [0.15, 0.2) is 29.2 Å². The van der Waals surface area contributed by atoms with Gasteiger partial charge in [-0.1, -0.05) is 32.1 Å². The molecule has 0 atom stereocenters. The second kappa shape index (κ2) is 6.87. The van der Waals surface area contributed by atoms with Crippen LogP contribution in [0.5, 0.6) is 0 Å². The molecule has 1 amide bonds. The zero-order valence-corrected chi connectivity index (χ0v) is 15.2. The number of sulfone groups is 1. The lowest BCUT2D eigenvalue weighted by Crippen LogP contribution is -2.47. The molecule has 5 heteroatoms. The molecule has 0 radical (unpaired) electrons. The molecule has 0 bridgehead atoms. The van der Waals surface area contributed by atoms with Gasteiger partial charge in [0.15, 0.2) is 9.84 Å². The highest BCUT2D eigenvalue weighted by atomic mass is 32.2. The molecule has 1 aromatic carbocycles. The van der Waals surface area contributed by atoms with Crippen molar-refractivity contribution in [3.05, 3.63) is 29.8 Å². The average Bonchev–Trinajstić information content (AvgIpc) is 3.10. The minimum Gasteiger partial charge on any atom is -0.347 e. The van der Waals surface area contributed by atoms with E-state index in [0.29, 0.717) is 10.5 Å². The van der Waals surface area contributed by atoms with Crippen LogP contribution in [0.25, 0.3) is 0 Å². The molecule has 0 aromatic heterocycles. The molecule has 0 aliphatic heterocycles. The Balaban J connectivity index is 1.71. The van der Waals surface area contributed by atoms with E-state index in [2.05, 4.69) is 12.2 Å². The van der Waals surface area contributed by atoms with Crippen molar-refractivity contribution in [3.63, 3.8) is 0 Å². The predicted octanol–water partition coefficient (Wildman–Crippen LogP) is 3.86. The van der Waals surface area contributed by atoms with Crippen molar-refractivity contribution in [2.45, 2.75) is 80.4 Å². The van der Waals surface area contributed by atoms with E-state index in [4.69, 9.17) is 0 Å². The third kappa shape index (κ3) is 3.66. The largest absolute Gasteiger partial charge is 0.347 e. The van der Waals surface area contributed by atoms with Gasteiger partial charge in [-0.3, -0.25) is 4.79 Å². The summed E-state index contributed by atoms with van der Waals surface area (Å²) < 4.78 is 25.2. The van der Waals surface area contributed by atoms with Crippen LogP contribution in [0, 0.1) is 0 Å². The van der Waals surface area contributed by atoms with Crippen molar-refractivity contribution in [3.8, 4) is 0 Å². The summed E-state index contributed by atoms with van der Waals surface area (Å²) in [5.74, 6) is -0.107. The lowest BCUT2D eigenvalue weighted by molar-refractivity contribution is 0.0882. The van der Waals surface area contributed by atoms with Gasteiger partial charge in [-0.15, -0.1) is 0 Å². The second-order valence-corrected chi connectivity index (χ2v) is 9.78. The third-order valence-corrected chi connectivity index (χ3v) is 7.84. The molecule has 4 nitrogen and oxygen atoms in total. The summed E-state index contributed by atoms with van der Waals surface area (Å²) >= 11 is 0. The lowest BCUT2D eigenvalue weighted by Gasteiger charge is -2.34. The van der Waals surface area contributed by atoms with E-state index < -0.39 is 9.84 Å². The fourth-order valence-electron chi connectivity index (χ4n) is 3.99. The number of carbonyl (C=O) groups excluding carboxylic acids is 1. The Morgan fingerprint density at radius 1 is 1.00 bits per heavy atom. The van der Waals surface area contributed by atoms with Crippen LogP contribution < -0.4 is 5.32 Å². The molecule has 0 unspecified atom stereocenters. The topological polar surface area (TPSA) is 63.2 Å². The Hall–Kier alpha value is -1.36. The molecular weight excluding hydrogens is 322 g/mol. The Bertz CT molecular complexity index is 682. The number of rotatable bonds is 4. The zero-order valence-electron chi connectivity index (χ0n) is 14.4. The number of carbonyl (C=O) groups is 1. The lowest BCUT2D eigenvalue weighted by atomic mass is 9.83. The molecule has 0 saturated heterocycles. The first-order valence-electron chi connectivity index (χ1n) is 9.07. The van der Waals surface area contributed by atoms with Crippen LogP contribution in [0.1, 0.15) is 75.1 Å². The van der Waals surface area contributed by atoms with Crippen LogP contribution in [0.3, 0.4) is 0 Å². The van der Waals surface area contributed by atoms with Crippen molar-refractivity contribution in [2.75, 3.05) is 0 Å². The first-order chi connectivity index (χ1) is 11.4. The van der Waals surface area contributed by atoms with Crippen molar-refractivity contribution in [1.82, 2.24) is 5.32 Å². The molecule has 3 rings (SSSR count). The molecule has 1 aromatic rings. The number of benzene rings is 1. The van der Waals surface area contributed by atoms with E-state index in [-0.39, 0.29) is 16.7 Å². The second-order valence-electron chi connectivity index (χ2n) is 7.55. The van der Waals surface area contributed by atoms with Gasteiger partial charge in [-0.05, 0) is 56.9 Å². The Kier molecular flexibility index (Phi) is 5.00. The molecule has 2 fully saturated rings. The first-order valence-corrected chi connectivity index (χ1v) is 10.6. The summed E-state index contributed by atoms with van der Waals surface area (Å²) in [6, 6.07) is 6.46. The minimum absolute atomic E-state index is 0.107. The maximum atomic E-state index is 12.6. The molecule has 0 spiro atoms. The van der Waals surface area contributed by atoms with Crippen LogP contribution in [0.2, 0.25) is 0 Å². The van der Waals surface area contributed by atoms with Gasteiger partial charge < -0.3 is 5.32 Å². The van der Waals surface area contributed by atoms with Crippen molar-refractivity contribution in [1.29, 1.82) is 0 Å². The monoisotopic (exact) mass is 349 g/mol. The van der Waals surface area contributed by atoms with Crippen LogP contribution in [-0.2, 0) is 9.84 Å². The molecule has 2 saturated carbocycles. The van der Waals surface area contributed by atoms with Gasteiger partial charge in [0.05, 0.1) is 10.1 Å². The van der Waals surface area contributed by atoms with Gasteiger partial charge in [0, 0.05) is 11.1 Å². The normalized spacial score (nSPS) is 21.5. The molecule has 2 aliphatic rings. The summed E-state index contributed by atoms with van der Waals surface area (Å²) in [4.78, 5) is 12.8. The standard InChI is InChI=1S/C19H27NO3S/c1-19(13-5-2-6-14-19)20-18(21)15-9-11-17(12-10-15)24(22,23)16-7-3-4-8-16/h9-12,16H,2-8,13-14H2,1H3,(H,20,21). The highest BCUT2D eigenvalue weighted by Gasteiger charge is 2.31. The Labute approximate surface area is 145 Å².